The van der Waals surface area contributed by atoms with Crippen LogP contribution in [0.5, 0.6) is 0 Å². The van der Waals surface area contributed by atoms with Crippen LogP contribution in [0.2, 0.25) is 0 Å². The van der Waals surface area contributed by atoms with E-state index in [0.717, 1.165) is 78.5 Å². The molecule has 5 rings (SSSR count). The van der Waals surface area contributed by atoms with Gasteiger partial charge in [0.1, 0.15) is 22.2 Å². The number of benzene rings is 1. The van der Waals surface area contributed by atoms with Gasteiger partial charge < -0.3 is 14.5 Å². The fraction of sp³-hybridized carbons (Fsp3) is 0.333. The van der Waals surface area contributed by atoms with E-state index in [0.29, 0.717) is 0 Å². The number of furan rings is 1. The van der Waals surface area contributed by atoms with Gasteiger partial charge in [-0.2, -0.15) is 11.8 Å². The topological polar surface area (TPSA) is 63.4 Å². The number of hydrogen-bond donors (Lipinski definition) is 1. The van der Waals surface area contributed by atoms with Crippen molar-refractivity contribution in [3.8, 4) is 11.1 Å². The summed E-state index contributed by atoms with van der Waals surface area (Å²) in [5.74, 6) is 4.65. The van der Waals surface area contributed by atoms with Crippen molar-refractivity contribution in [2.24, 2.45) is 0 Å². The lowest BCUT2D eigenvalue weighted by molar-refractivity contribution is 0.0331. The predicted octanol–water partition coefficient (Wildman–Crippen LogP) is 5.13. The molecule has 1 aliphatic rings. The Morgan fingerprint density at radius 1 is 1.06 bits per heavy atom. The summed E-state index contributed by atoms with van der Waals surface area (Å²) in [5, 5.41) is 6.91. The molecule has 8 heteroatoms. The van der Waals surface area contributed by atoms with Gasteiger partial charge in [-0.25, -0.2) is 9.97 Å². The number of rotatable bonds is 9. The molecule has 0 radical (unpaired) electrons. The average Bonchev–Trinajstić information content (AvgIpc) is 3.50. The second-order valence-corrected chi connectivity index (χ2v) is 9.59. The molecule has 1 N–H and O–H groups in total. The Morgan fingerprint density at radius 2 is 1.94 bits per heavy atom. The van der Waals surface area contributed by atoms with Crippen LogP contribution in [-0.4, -0.2) is 53.5 Å². The molecule has 6 nitrogen and oxygen atoms in total. The molecule has 0 unspecified atom stereocenters. The monoisotopic (exact) mass is 466 g/mol. The number of fused-ring (bicyclic) bond motifs is 1. The van der Waals surface area contributed by atoms with E-state index in [1.807, 2.05) is 30.0 Å². The molecule has 0 spiro atoms. The molecular weight excluding hydrogens is 440 g/mol. The van der Waals surface area contributed by atoms with Gasteiger partial charge in [-0.05, 0) is 17.7 Å². The van der Waals surface area contributed by atoms with Crippen LogP contribution in [0.1, 0.15) is 11.6 Å². The Labute approximate surface area is 196 Å². The molecule has 0 bridgehead atoms. The summed E-state index contributed by atoms with van der Waals surface area (Å²) in [7, 11) is 0. The molecule has 0 aliphatic carbocycles. The lowest BCUT2D eigenvalue weighted by Crippen LogP contribution is -2.36. The molecule has 0 amide bonds. The molecule has 0 atom stereocenters. The summed E-state index contributed by atoms with van der Waals surface area (Å²) in [5.41, 5.74) is 2.38. The quantitative estimate of drug-likeness (QED) is 0.343. The van der Waals surface area contributed by atoms with Crippen molar-refractivity contribution in [2.75, 3.05) is 43.9 Å². The third-order valence-corrected chi connectivity index (χ3v) is 7.25. The molecule has 1 aliphatic heterocycles. The van der Waals surface area contributed by atoms with Crippen molar-refractivity contribution in [3.05, 3.63) is 65.7 Å². The molecule has 32 heavy (non-hydrogen) atoms. The number of thiophene rings is 1. The third kappa shape index (κ3) is 5.15. The zero-order chi connectivity index (χ0) is 21.6. The number of nitrogens with one attached hydrogen (secondary N) is 1. The van der Waals surface area contributed by atoms with Crippen molar-refractivity contribution >= 4 is 39.1 Å². The maximum atomic E-state index is 5.48. The van der Waals surface area contributed by atoms with Crippen molar-refractivity contribution in [3.63, 3.8) is 0 Å². The summed E-state index contributed by atoms with van der Waals surface area (Å²) < 4.78 is 10.9. The van der Waals surface area contributed by atoms with Crippen LogP contribution in [0.4, 0.5) is 5.82 Å². The SMILES string of the molecule is c1ccc(-c2csc3nc(CN4CCOCC4)nc(NCCSCc4ccco4)c23)cc1. The van der Waals surface area contributed by atoms with Gasteiger partial charge in [0.15, 0.2) is 0 Å². The molecule has 0 saturated carbocycles. The first-order valence-electron chi connectivity index (χ1n) is 10.8. The second-order valence-electron chi connectivity index (χ2n) is 7.63. The lowest BCUT2D eigenvalue weighted by atomic mass is 10.1. The minimum atomic E-state index is 0.750. The zero-order valence-corrected chi connectivity index (χ0v) is 19.5. The first kappa shape index (κ1) is 21.5. The first-order chi connectivity index (χ1) is 15.9. The van der Waals surface area contributed by atoms with E-state index in [1.54, 1.807) is 17.6 Å². The normalized spacial score (nSPS) is 14.8. The molecule has 4 heterocycles. The van der Waals surface area contributed by atoms with Gasteiger partial charge >= 0.3 is 0 Å². The number of anilines is 1. The number of aromatic nitrogens is 2. The summed E-state index contributed by atoms with van der Waals surface area (Å²) in [6, 6.07) is 14.4. The lowest BCUT2D eigenvalue weighted by Gasteiger charge is -2.25. The number of nitrogens with zero attached hydrogens (tertiary/aromatic N) is 3. The highest BCUT2D eigenvalue weighted by molar-refractivity contribution is 7.98. The van der Waals surface area contributed by atoms with E-state index in [1.165, 1.54) is 11.1 Å². The largest absolute Gasteiger partial charge is 0.468 e. The van der Waals surface area contributed by atoms with Gasteiger partial charge in [-0.1, -0.05) is 30.3 Å². The van der Waals surface area contributed by atoms with Gasteiger partial charge in [-0.3, -0.25) is 4.90 Å². The highest BCUT2D eigenvalue weighted by atomic mass is 32.2. The molecule has 4 aromatic rings. The number of thioether (sulfide) groups is 1. The Hall–Kier alpha value is -2.39. The summed E-state index contributed by atoms with van der Waals surface area (Å²) in [6.07, 6.45) is 1.73. The van der Waals surface area contributed by atoms with Gasteiger partial charge in [0.2, 0.25) is 0 Å². The van der Waals surface area contributed by atoms with Crippen LogP contribution < -0.4 is 5.32 Å². The summed E-state index contributed by atoms with van der Waals surface area (Å²) >= 11 is 3.54. The van der Waals surface area contributed by atoms with Gasteiger partial charge in [0.25, 0.3) is 0 Å². The minimum absolute atomic E-state index is 0.750. The van der Waals surface area contributed by atoms with Crippen LogP contribution in [0.15, 0.2) is 58.5 Å². The molecule has 1 saturated heterocycles. The highest BCUT2D eigenvalue weighted by Crippen LogP contribution is 2.37. The second kappa shape index (κ2) is 10.5. The average molecular weight is 467 g/mol. The third-order valence-electron chi connectivity index (χ3n) is 5.40. The van der Waals surface area contributed by atoms with Crippen molar-refractivity contribution in [2.45, 2.75) is 12.3 Å². The fourth-order valence-electron chi connectivity index (χ4n) is 3.78. The van der Waals surface area contributed by atoms with E-state index in [4.69, 9.17) is 19.1 Å². The van der Waals surface area contributed by atoms with E-state index in [2.05, 4.69) is 39.9 Å². The van der Waals surface area contributed by atoms with Crippen molar-refractivity contribution < 1.29 is 9.15 Å². The van der Waals surface area contributed by atoms with Gasteiger partial charge in [0, 0.05) is 36.3 Å². The summed E-state index contributed by atoms with van der Waals surface area (Å²) in [4.78, 5) is 13.3. The number of morpholine rings is 1. The fourth-order valence-corrected chi connectivity index (χ4v) is 5.51. The Kier molecular flexibility index (Phi) is 7.03. The van der Waals surface area contributed by atoms with Crippen molar-refractivity contribution in [1.29, 1.82) is 0 Å². The van der Waals surface area contributed by atoms with E-state index in [-0.39, 0.29) is 0 Å². The van der Waals surface area contributed by atoms with Crippen LogP contribution in [0.25, 0.3) is 21.3 Å². The van der Waals surface area contributed by atoms with Crippen LogP contribution in [-0.2, 0) is 17.0 Å². The van der Waals surface area contributed by atoms with Crippen LogP contribution in [0, 0.1) is 0 Å². The Bertz CT molecular complexity index is 1130. The number of ether oxygens (including phenoxy) is 1. The van der Waals surface area contributed by atoms with Crippen molar-refractivity contribution in [1.82, 2.24) is 14.9 Å². The molecule has 1 fully saturated rings. The maximum Gasteiger partial charge on any atom is 0.146 e. The Balaban J connectivity index is 1.36. The van der Waals surface area contributed by atoms with Gasteiger partial charge in [-0.15, -0.1) is 11.3 Å². The van der Waals surface area contributed by atoms with E-state index >= 15 is 0 Å². The minimum Gasteiger partial charge on any atom is -0.468 e. The van der Waals surface area contributed by atoms with Gasteiger partial charge in [0.05, 0.1) is 37.2 Å². The zero-order valence-electron chi connectivity index (χ0n) is 17.8. The van der Waals surface area contributed by atoms with Crippen LogP contribution >= 0.6 is 23.1 Å². The summed E-state index contributed by atoms with van der Waals surface area (Å²) in [6.45, 7) is 4.98. The molecule has 1 aromatic carbocycles. The molecule has 166 valence electrons. The van der Waals surface area contributed by atoms with Crippen LogP contribution in [0.3, 0.4) is 0 Å². The highest BCUT2D eigenvalue weighted by Gasteiger charge is 2.18. The van der Waals surface area contributed by atoms with E-state index in [9.17, 15) is 0 Å². The predicted molar refractivity (Wildman–Crippen MR) is 132 cm³/mol. The number of hydrogen-bond acceptors (Lipinski definition) is 8. The smallest absolute Gasteiger partial charge is 0.146 e. The molecular formula is C24H26N4O2S2. The molecule has 3 aromatic heterocycles. The first-order valence-corrected chi connectivity index (χ1v) is 12.9. The van der Waals surface area contributed by atoms with E-state index < -0.39 is 0 Å². The standard InChI is InChI=1S/C24H26N4O2S2/c1-2-5-18(6-3-1)20-17-32-24-22(20)23(25-8-14-31-16-19-7-4-11-30-19)26-21(27-24)15-28-9-12-29-13-10-28/h1-7,11,17H,8-10,12-16H2,(H,25,26,27). The maximum absolute atomic E-state index is 5.48. The Morgan fingerprint density at radius 3 is 2.75 bits per heavy atom.